The van der Waals surface area contributed by atoms with Crippen LogP contribution in [0.1, 0.15) is 25.7 Å². The van der Waals surface area contributed by atoms with Crippen LogP contribution in [0.3, 0.4) is 0 Å². The molecule has 0 bridgehead atoms. The van der Waals surface area contributed by atoms with E-state index >= 15 is 0 Å². The molecule has 2 aromatic carbocycles. The maximum absolute atomic E-state index is 12.3. The molecular weight excluding hydrogens is 344 g/mol. The summed E-state index contributed by atoms with van der Waals surface area (Å²) in [4.78, 5) is 23.3. The highest BCUT2D eigenvalue weighted by Gasteiger charge is 2.26. The lowest BCUT2D eigenvalue weighted by Gasteiger charge is -2.26. The van der Waals surface area contributed by atoms with E-state index in [9.17, 15) is 9.59 Å². The van der Waals surface area contributed by atoms with Crippen molar-refractivity contribution in [3.05, 3.63) is 48.5 Å². The summed E-state index contributed by atoms with van der Waals surface area (Å²) in [6.07, 6.45) is 2.57. The number of carbonyl (C=O) groups is 2. The van der Waals surface area contributed by atoms with Gasteiger partial charge in [-0.15, -0.1) is 0 Å². The normalized spacial score (nSPS) is 19.1. The zero-order chi connectivity index (χ0) is 19.2. The second-order valence-corrected chi connectivity index (χ2v) is 6.77. The molecule has 3 rings (SSSR count). The van der Waals surface area contributed by atoms with Gasteiger partial charge in [-0.3, -0.25) is 4.79 Å². The van der Waals surface area contributed by atoms with Gasteiger partial charge >= 0.3 is 12.0 Å². The van der Waals surface area contributed by atoms with Gasteiger partial charge in [0.25, 0.3) is 0 Å². The fourth-order valence-corrected chi connectivity index (χ4v) is 3.48. The van der Waals surface area contributed by atoms with Crippen molar-refractivity contribution < 1.29 is 19.4 Å². The molecule has 0 atom stereocenters. The molecule has 0 unspecified atom stereocenters. The number of amides is 2. The SMILES string of the molecule is COc1ccccc1-c1cccc(NC(=O)NC2CCC(C(=O)O)CC2)c1. The van der Waals surface area contributed by atoms with E-state index in [4.69, 9.17) is 9.84 Å². The maximum atomic E-state index is 12.3. The number of carboxylic acid groups (broad SMARTS) is 1. The van der Waals surface area contributed by atoms with Gasteiger partial charge in [0.15, 0.2) is 0 Å². The Morgan fingerprint density at radius 3 is 2.48 bits per heavy atom. The van der Waals surface area contributed by atoms with Crippen molar-refractivity contribution in [1.29, 1.82) is 0 Å². The Hall–Kier alpha value is -3.02. The van der Waals surface area contributed by atoms with Crippen LogP contribution in [0.5, 0.6) is 5.75 Å². The van der Waals surface area contributed by atoms with Gasteiger partial charge in [-0.25, -0.2) is 4.79 Å². The number of ether oxygens (including phenoxy) is 1. The van der Waals surface area contributed by atoms with E-state index in [1.165, 1.54) is 0 Å². The van der Waals surface area contributed by atoms with Crippen LogP contribution >= 0.6 is 0 Å². The van der Waals surface area contributed by atoms with E-state index in [2.05, 4.69) is 10.6 Å². The molecule has 2 aromatic rings. The molecule has 6 heteroatoms. The minimum absolute atomic E-state index is 0.0120. The molecule has 1 aliphatic rings. The zero-order valence-electron chi connectivity index (χ0n) is 15.3. The molecular formula is C21H24N2O4. The fourth-order valence-electron chi connectivity index (χ4n) is 3.48. The van der Waals surface area contributed by atoms with Crippen LogP contribution in [0.15, 0.2) is 48.5 Å². The zero-order valence-corrected chi connectivity index (χ0v) is 15.3. The maximum Gasteiger partial charge on any atom is 0.319 e. The highest BCUT2D eigenvalue weighted by molar-refractivity contribution is 5.90. The molecule has 6 nitrogen and oxygen atoms in total. The van der Waals surface area contributed by atoms with Crippen molar-refractivity contribution in [3.8, 4) is 16.9 Å². The van der Waals surface area contributed by atoms with Crippen LogP contribution in [0.25, 0.3) is 11.1 Å². The number of urea groups is 1. The van der Waals surface area contributed by atoms with Gasteiger partial charge < -0.3 is 20.5 Å². The first-order chi connectivity index (χ1) is 13.1. The Morgan fingerprint density at radius 2 is 1.78 bits per heavy atom. The summed E-state index contributed by atoms with van der Waals surface area (Å²) in [6.45, 7) is 0. The number of hydrogen-bond acceptors (Lipinski definition) is 3. The summed E-state index contributed by atoms with van der Waals surface area (Å²) in [5, 5.41) is 14.9. The fraction of sp³-hybridized carbons (Fsp3) is 0.333. The number of rotatable bonds is 5. The van der Waals surface area contributed by atoms with Crippen molar-refractivity contribution in [2.45, 2.75) is 31.7 Å². The van der Waals surface area contributed by atoms with Crippen molar-refractivity contribution in [2.75, 3.05) is 12.4 Å². The summed E-state index contributed by atoms with van der Waals surface area (Å²) in [6, 6.07) is 15.1. The molecule has 0 aliphatic heterocycles. The molecule has 0 heterocycles. The first-order valence-corrected chi connectivity index (χ1v) is 9.10. The average Bonchev–Trinajstić information content (AvgIpc) is 2.68. The quantitative estimate of drug-likeness (QED) is 0.740. The number of anilines is 1. The molecule has 142 valence electrons. The summed E-state index contributed by atoms with van der Waals surface area (Å²) in [7, 11) is 1.63. The molecule has 2 amide bonds. The summed E-state index contributed by atoms with van der Waals surface area (Å²) >= 11 is 0. The van der Waals surface area contributed by atoms with Crippen molar-refractivity contribution in [1.82, 2.24) is 5.32 Å². The third-order valence-corrected chi connectivity index (χ3v) is 4.95. The molecule has 3 N–H and O–H groups in total. The van der Waals surface area contributed by atoms with Crippen molar-refractivity contribution >= 4 is 17.7 Å². The Labute approximate surface area is 158 Å². The van der Waals surface area contributed by atoms with Crippen molar-refractivity contribution in [2.24, 2.45) is 5.92 Å². The van der Waals surface area contributed by atoms with Gasteiger partial charge in [0.1, 0.15) is 5.75 Å². The molecule has 1 aliphatic carbocycles. The lowest BCUT2D eigenvalue weighted by atomic mass is 9.86. The van der Waals surface area contributed by atoms with Gasteiger partial charge in [-0.05, 0) is 49.4 Å². The lowest BCUT2D eigenvalue weighted by Crippen LogP contribution is -2.40. The summed E-state index contributed by atoms with van der Waals surface area (Å²) in [5.41, 5.74) is 2.60. The van der Waals surface area contributed by atoms with E-state index in [1.54, 1.807) is 7.11 Å². The number of carboxylic acids is 1. The third-order valence-electron chi connectivity index (χ3n) is 4.95. The van der Waals surface area contributed by atoms with Crippen LogP contribution in [0.2, 0.25) is 0 Å². The van der Waals surface area contributed by atoms with Crippen LogP contribution < -0.4 is 15.4 Å². The Morgan fingerprint density at radius 1 is 1.04 bits per heavy atom. The molecule has 0 spiro atoms. The molecule has 0 aromatic heterocycles. The van der Waals surface area contributed by atoms with Crippen LogP contribution in [-0.2, 0) is 4.79 Å². The van der Waals surface area contributed by atoms with Gasteiger partial charge in [0.2, 0.25) is 0 Å². The largest absolute Gasteiger partial charge is 0.496 e. The number of benzene rings is 2. The monoisotopic (exact) mass is 368 g/mol. The standard InChI is InChI=1S/C21H24N2O4/c1-27-19-8-3-2-7-18(19)15-5-4-6-17(13-15)23-21(26)22-16-11-9-14(10-12-16)20(24)25/h2-8,13-14,16H,9-12H2,1H3,(H,24,25)(H2,22,23,26). The van der Waals surface area contributed by atoms with Gasteiger partial charge in [-0.2, -0.15) is 0 Å². The number of aliphatic carboxylic acids is 1. The van der Waals surface area contributed by atoms with Gasteiger partial charge in [-0.1, -0.05) is 30.3 Å². The predicted molar refractivity (Wildman–Crippen MR) is 104 cm³/mol. The first-order valence-electron chi connectivity index (χ1n) is 9.10. The van der Waals surface area contributed by atoms with E-state index in [1.807, 2.05) is 48.5 Å². The number of nitrogens with one attached hydrogen (secondary N) is 2. The van der Waals surface area contributed by atoms with E-state index < -0.39 is 5.97 Å². The smallest absolute Gasteiger partial charge is 0.319 e. The van der Waals surface area contributed by atoms with Crippen LogP contribution in [0.4, 0.5) is 10.5 Å². The number of carbonyl (C=O) groups excluding carboxylic acids is 1. The van der Waals surface area contributed by atoms with E-state index in [0.717, 1.165) is 16.9 Å². The Bertz CT molecular complexity index is 813. The highest BCUT2D eigenvalue weighted by Crippen LogP contribution is 2.31. The second-order valence-electron chi connectivity index (χ2n) is 6.77. The van der Waals surface area contributed by atoms with Crippen molar-refractivity contribution in [3.63, 3.8) is 0 Å². The first kappa shape index (κ1) is 18.8. The lowest BCUT2D eigenvalue weighted by molar-refractivity contribution is -0.142. The van der Waals surface area contributed by atoms with Gasteiger partial charge in [0, 0.05) is 17.3 Å². The van der Waals surface area contributed by atoms with Crippen LogP contribution in [-0.4, -0.2) is 30.3 Å². The average molecular weight is 368 g/mol. The topological polar surface area (TPSA) is 87.7 Å². The van der Waals surface area contributed by atoms with E-state index in [0.29, 0.717) is 31.4 Å². The number of methoxy groups -OCH3 is 1. The molecule has 0 radical (unpaired) electrons. The Kier molecular flexibility index (Phi) is 5.96. The third kappa shape index (κ3) is 4.78. The Balaban J connectivity index is 1.61. The molecule has 1 fully saturated rings. The number of hydrogen-bond donors (Lipinski definition) is 3. The predicted octanol–water partition coefficient (Wildman–Crippen LogP) is 4.13. The molecule has 0 saturated heterocycles. The minimum Gasteiger partial charge on any atom is -0.496 e. The van der Waals surface area contributed by atoms with Gasteiger partial charge in [0.05, 0.1) is 13.0 Å². The molecule has 1 saturated carbocycles. The number of para-hydroxylation sites is 1. The summed E-state index contributed by atoms with van der Waals surface area (Å²) < 4.78 is 5.41. The molecule has 27 heavy (non-hydrogen) atoms. The summed E-state index contributed by atoms with van der Waals surface area (Å²) in [5.74, 6) is -0.260. The van der Waals surface area contributed by atoms with E-state index in [-0.39, 0.29) is 18.0 Å². The minimum atomic E-state index is -0.744. The highest BCUT2D eigenvalue weighted by atomic mass is 16.5. The second kappa shape index (κ2) is 8.58. The van der Waals surface area contributed by atoms with Crippen LogP contribution in [0, 0.1) is 5.92 Å².